The van der Waals surface area contributed by atoms with Gasteiger partial charge in [0.2, 0.25) is 5.89 Å². The molecule has 0 bridgehead atoms. The zero-order chi connectivity index (χ0) is 21.5. The molecule has 1 heterocycles. The zero-order valence-corrected chi connectivity index (χ0v) is 21.0. The number of halogens is 2. The van der Waals surface area contributed by atoms with Gasteiger partial charge in [0.25, 0.3) is 0 Å². The summed E-state index contributed by atoms with van der Waals surface area (Å²) < 4.78 is 25.2. The van der Waals surface area contributed by atoms with Crippen molar-refractivity contribution in [2.45, 2.75) is 58.4 Å². The number of benzene rings is 1. The van der Waals surface area contributed by atoms with Crippen molar-refractivity contribution in [3.8, 4) is 5.75 Å². The Balaban J connectivity index is 0.00000341. The third-order valence-corrected chi connectivity index (χ3v) is 5.06. The molecule has 1 atom stereocenters. The molecule has 1 saturated carbocycles. The molecule has 0 radical (unpaired) electrons. The van der Waals surface area contributed by atoms with Crippen molar-refractivity contribution in [1.82, 2.24) is 20.8 Å². The molecule has 1 unspecified atom stereocenters. The standard InChI is InChI=1S/C22H32FN5O2.HI/c1-14(2)21-27-20(30-28-21)6-5-11-25-22(24-4)26-15(3)17-9-10-19(18(23)12-17)29-13-16-7-8-16;/h9-10,12,14-16H,5-8,11,13H2,1-4H3,(H2,24,25,26);1H. The fourth-order valence-corrected chi connectivity index (χ4v) is 2.93. The third kappa shape index (κ3) is 7.93. The average molecular weight is 545 g/mol. The lowest BCUT2D eigenvalue weighted by Gasteiger charge is -2.19. The summed E-state index contributed by atoms with van der Waals surface area (Å²) in [5.74, 6) is 2.89. The molecule has 0 saturated heterocycles. The highest BCUT2D eigenvalue weighted by molar-refractivity contribution is 14.0. The van der Waals surface area contributed by atoms with E-state index < -0.39 is 0 Å². The minimum Gasteiger partial charge on any atom is -0.490 e. The molecule has 0 aliphatic heterocycles. The highest BCUT2D eigenvalue weighted by Gasteiger charge is 2.22. The maximum atomic E-state index is 14.3. The summed E-state index contributed by atoms with van der Waals surface area (Å²) in [4.78, 5) is 8.62. The second kappa shape index (κ2) is 12.2. The van der Waals surface area contributed by atoms with Crippen LogP contribution >= 0.6 is 24.0 Å². The first-order valence-electron chi connectivity index (χ1n) is 10.7. The molecule has 9 heteroatoms. The van der Waals surface area contributed by atoms with Crippen LogP contribution in [0.2, 0.25) is 0 Å². The van der Waals surface area contributed by atoms with Crippen LogP contribution in [0, 0.1) is 11.7 Å². The van der Waals surface area contributed by atoms with Crippen LogP contribution in [0.5, 0.6) is 5.75 Å². The third-order valence-electron chi connectivity index (χ3n) is 5.06. The summed E-state index contributed by atoms with van der Waals surface area (Å²) >= 11 is 0. The second-order valence-electron chi connectivity index (χ2n) is 8.11. The summed E-state index contributed by atoms with van der Waals surface area (Å²) in [6.07, 6.45) is 3.89. The molecule has 31 heavy (non-hydrogen) atoms. The lowest BCUT2D eigenvalue weighted by Crippen LogP contribution is -2.39. The Bertz CT molecular complexity index is 854. The highest BCUT2D eigenvalue weighted by Crippen LogP contribution is 2.30. The Labute approximate surface area is 200 Å². The normalized spacial score (nSPS) is 14.8. The van der Waals surface area contributed by atoms with Crippen molar-refractivity contribution in [2.24, 2.45) is 10.9 Å². The van der Waals surface area contributed by atoms with E-state index in [1.165, 1.54) is 18.9 Å². The summed E-state index contributed by atoms with van der Waals surface area (Å²) in [5.41, 5.74) is 0.835. The van der Waals surface area contributed by atoms with Gasteiger partial charge in [0, 0.05) is 25.9 Å². The van der Waals surface area contributed by atoms with E-state index in [1.54, 1.807) is 13.1 Å². The molecule has 0 spiro atoms. The maximum Gasteiger partial charge on any atom is 0.226 e. The Morgan fingerprint density at radius 1 is 1.32 bits per heavy atom. The lowest BCUT2D eigenvalue weighted by atomic mass is 10.1. The first kappa shape index (κ1) is 25.4. The summed E-state index contributed by atoms with van der Waals surface area (Å²) in [7, 11) is 1.71. The smallest absolute Gasteiger partial charge is 0.226 e. The Morgan fingerprint density at radius 2 is 2.10 bits per heavy atom. The topological polar surface area (TPSA) is 84.6 Å². The van der Waals surface area contributed by atoms with Crippen LogP contribution in [-0.2, 0) is 6.42 Å². The average Bonchev–Trinajstić information content (AvgIpc) is 3.43. The number of hydrogen-bond donors (Lipinski definition) is 2. The summed E-state index contributed by atoms with van der Waals surface area (Å²) in [5, 5.41) is 10.5. The SMILES string of the molecule is CN=C(NCCCc1nc(C(C)C)no1)NC(C)c1ccc(OCC2CC2)c(F)c1.I. The van der Waals surface area contributed by atoms with Gasteiger partial charge in [-0.2, -0.15) is 4.98 Å². The van der Waals surface area contributed by atoms with Gasteiger partial charge in [0.1, 0.15) is 0 Å². The Hall–Kier alpha value is -1.91. The van der Waals surface area contributed by atoms with Gasteiger partial charge in [-0.05, 0) is 49.8 Å². The summed E-state index contributed by atoms with van der Waals surface area (Å²) in [6.45, 7) is 7.34. The summed E-state index contributed by atoms with van der Waals surface area (Å²) in [6, 6.07) is 5.01. The lowest BCUT2D eigenvalue weighted by molar-refractivity contribution is 0.285. The number of rotatable bonds is 10. The molecular formula is C22H33FIN5O2. The number of nitrogens with zero attached hydrogens (tertiary/aromatic N) is 3. The van der Waals surface area contributed by atoms with E-state index in [-0.39, 0.29) is 41.8 Å². The fraction of sp³-hybridized carbons (Fsp3) is 0.591. The Morgan fingerprint density at radius 3 is 2.71 bits per heavy atom. The van der Waals surface area contributed by atoms with Crippen LogP contribution in [-0.4, -0.2) is 36.3 Å². The van der Waals surface area contributed by atoms with Crippen molar-refractivity contribution in [1.29, 1.82) is 0 Å². The van der Waals surface area contributed by atoms with E-state index in [4.69, 9.17) is 9.26 Å². The quantitative estimate of drug-likeness (QED) is 0.197. The van der Waals surface area contributed by atoms with E-state index in [0.29, 0.717) is 43.1 Å². The molecule has 1 fully saturated rings. The zero-order valence-electron chi connectivity index (χ0n) is 18.7. The molecule has 0 amide bonds. The largest absolute Gasteiger partial charge is 0.490 e. The molecule has 2 N–H and O–H groups in total. The molecular weight excluding hydrogens is 512 g/mol. The molecule has 1 aromatic carbocycles. The first-order valence-corrected chi connectivity index (χ1v) is 10.7. The van der Waals surface area contributed by atoms with E-state index in [1.807, 2.05) is 26.8 Å². The maximum absolute atomic E-state index is 14.3. The van der Waals surface area contributed by atoms with Gasteiger partial charge >= 0.3 is 0 Å². The van der Waals surface area contributed by atoms with Crippen molar-refractivity contribution >= 4 is 29.9 Å². The van der Waals surface area contributed by atoms with Crippen LogP contribution in [0.3, 0.4) is 0 Å². The monoisotopic (exact) mass is 545 g/mol. The van der Waals surface area contributed by atoms with Gasteiger partial charge in [0.15, 0.2) is 23.4 Å². The van der Waals surface area contributed by atoms with E-state index >= 15 is 0 Å². The van der Waals surface area contributed by atoms with Gasteiger partial charge in [0.05, 0.1) is 12.6 Å². The van der Waals surface area contributed by atoms with Crippen molar-refractivity contribution < 1.29 is 13.7 Å². The van der Waals surface area contributed by atoms with E-state index in [2.05, 4.69) is 25.8 Å². The van der Waals surface area contributed by atoms with E-state index in [9.17, 15) is 4.39 Å². The molecule has 3 rings (SSSR count). The highest BCUT2D eigenvalue weighted by atomic mass is 127. The molecule has 2 aromatic rings. The van der Waals surface area contributed by atoms with Gasteiger partial charge in [-0.15, -0.1) is 24.0 Å². The number of aryl methyl sites for hydroxylation is 1. The number of nitrogens with one attached hydrogen (secondary N) is 2. The number of ether oxygens (including phenoxy) is 1. The predicted molar refractivity (Wildman–Crippen MR) is 130 cm³/mol. The number of aliphatic imine (C=N–C) groups is 1. The van der Waals surface area contributed by atoms with Gasteiger partial charge in [-0.25, -0.2) is 4.39 Å². The van der Waals surface area contributed by atoms with Crippen molar-refractivity contribution in [3.63, 3.8) is 0 Å². The minimum absolute atomic E-state index is 0. The number of hydrogen-bond acceptors (Lipinski definition) is 5. The van der Waals surface area contributed by atoms with Crippen LogP contribution in [0.1, 0.15) is 69.3 Å². The predicted octanol–water partition coefficient (Wildman–Crippen LogP) is 4.60. The molecule has 1 aliphatic carbocycles. The van der Waals surface area contributed by atoms with Crippen molar-refractivity contribution in [3.05, 3.63) is 41.3 Å². The molecule has 172 valence electrons. The van der Waals surface area contributed by atoms with Crippen LogP contribution in [0.25, 0.3) is 0 Å². The Kier molecular flexibility index (Phi) is 9.98. The number of aromatic nitrogens is 2. The second-order valence-corrected chi connectivity index (χ2v) is 8.11. The molecule has 1 aromatic heterocycles. The van der Waals surface area contributed by atoms with Crippen molar-refractivity contribution in [2.75, 3.05) is 20.2 Å². The van der Waals surface area contributed by atoms with Crippen LogP contribution in [0.4, 0.5) is 4.39 Å². The molecule has 1 aliphatic rings. The molecule has 7 nitrogen and oxygen atoms in total. The first-order chi connectivity index (χ1) is 14.5. The van der Waals surface area contributed by atoms with Crippen LogP contribution < -0.4 is 15.4 Å². The van der Waals surface area contributed by atoms with E-state index in [0.717, 1.165) is 17.8 Å². The van der Waals surface area contributed by atoms with Crippen LogP contribution in [0.15, 0.2) is 27.7 Å². The fourth-order valence-electron chi connectivity index (χ4n) is 2.93. The number of guanidine groups is 1. The minimum atomic E-state index is -0.329. The van der Waals surface area contributed by atoms with Gasteiger partial charge in [-0.3, -0.25) is 4.99 Å². The van der Waals surface area contributed by atoms with Gasteiger partial charge in [-0.1, -0.05) is 25.1 Å². The van der Waals surface area contributed by atoms with Gasteiger partial charge < -0.3 is 19.9 Å².